The van der Waals surface area contributed by atoms with E-state index < -0.39 is 0 Å². The van der Waals surface area contributed by atoms with Gasteiger partial charge in [-0.05, 0) is 50.8 Å². The molecule has 1 unspecified atom stereocenters. The van der Waals surface area contributed by atoms with E-state index in [0.717, 1.165) is 30.7 Å². The molecule has 3 nitrogen and oxygen atoms in total. The van der Waals surface area contributed by atoms with E-state index in [1.807, 2.05) is 24.0 Å². The maximum atomic E-state index is 12.7. The minimum Gasteiger partial charge on any atom is -0.493 e. The maximum absolute atomic E-state index is 12.7. The molecule has 1 heterocycles. The zero-order valence-corrected chi connectivity index (χ0v) is 15.4. The van der Waals surface area contributed by atoms with Crippen LogP contribution in [-0.2, 0) is 4.79 Å². The standard InChI is InChI=1S/C22H27NO2/c1-16-6-9-19(10-7-16)20-5-4-13-23(20)22(24)12-14-25-21-11-8-17(2)15-18(21)3/h6-11,15,20H,4-5,12-14H2,1-3H3. The number of nitrogens with zero attached hydrogens (tertiary/aromatic N) is 1. The lowest BCUT2D eigenvalue weighted by atomic mass is 10.0. The van der Waals surface area contributed by atoms with Crippen molar-refractivity contribution in [2.75, 3.05) is 13.2 Å². The van der Waals surface area contributed by atoms with E-state index in [4.69, 9.17) is 4.74 Å². The quantitative estimate of drug-likeness (QED) is 0.788. The smallest absolute Gasteiger partial charge is 0.226 e. The molecule has 3 heteroatoms. The first-order chi connectivity index (χ1) is 12.0. The molecule has 0 N–H and O–H groups in total. The average molecular weight is 337 g/mol. The normalized spacial score (nSPS) is 16.9. The lowest BCUT2D eigenvalue weighted by molar-refractivity contribution is -0.132. The number of rotatable bonds is 5. The van der Waals surface area contributed by atoms with Gasteiger partial charge in [0.25, 0.3) is 0 Å². The average Bonchev–Trinajstić information content (AvgIpc) is 3.07. The van der Waals surface area contributed by atoms with Gasteiger partial charge < -0.3 is 9.64 Å². The van der Waals surface area contributed by atoms with Crippen LogP contribution in [0, 0.1) is 20.8 Å². The zero-order valence-electron chi connectivity index (χ0n) is 15.4. The van der Waals surface area contributed by atoms with Crippen LogP contribution in [0.15, 0.2) is 42.5 Å². The van der Waals surface area contributed by atoms with Crippen LogP contribution >= 0.6 is 0 Å². The van der Waals surface area contributed by atoms with Crippen LogP contribution in [0.4, 0.5) is 0 Å². The molecule has 1 saturated heterocycles. The van der Waals surface area contributed by atoms with Crippen LogP contribution in [0.3, 0.4) is 0 Å². The lowest BCUT2D eigenvalue weighted by Crippen LogP contribution is -2.31. The maximum Gasteiger partial charge on any atom is 0.226 e. The van der Waals surface area contributed by atoms with Crippen molar-refractivity contribution in [3.05, 3.63) is 64.7 Å². The Labute approximate surface area is 150 Å². The fraction of sp³-hybridized carbons (Fsp3) is 0.409. The van der Waals surface area contributed by atoms with Crippen molar-refractivity contribution in [3.8, 4) is 5.75 Å². The number of amides is 1. The number of hydrogen-bond acceptors (Lipinski definition) is 2. The number of carbonyl (C=O) groups excluding carboxylic acids is 1. The van der Waals surface area contributed by atoms with E-state index in [-0.39, 0.29) is 11.9 Å². The molecule has 1 aliphatic heterocycles. The van der Waals surface area contributed by atoms with Crippen molar-refractivity contribution < 1.29 is 9.53 Å². The number of hydrogen-bond donors (Lipinski definition) is 0. The van der Waals surface area contributed by atoms with Crippen LogP contribution in [0.5, 0.6) is 5.75 Å². The van der Waals surface area contributed by atoms with Gasteiger partial charge in [0, 0.05) is 6.54 Å². The highest BCUT2D eigenvalue weighted by Crippen LogP contribution is 2.32. The highest BCUT2D eigenvalue weighted by Gasteiger charge is 2.29. The van der Waals surface area contributed by atoms with Crippen molar-refractivity contribution in [2.24, 2.45) is 0 Å². The molecule has 0 bridgehead atoms. The van der Waals surface area contributed by atoms with E-state index in [1.165, 1.54) is 16.7 Å². The van der Waals surface area contributed by atoms with Crippen molar-refractivity contribution >= 4 is 5.91 Å². The Morgan fingerprint density at radius 2 is 1.80 bits per heavy atom. The Morgan fingerprint density at radius 3 is 2.52 bits per heavy atom. The Bertz CT molecular complexity index is 736. The SMILES string of the molecule is Cc1ccc(C2CCCN2C(=O)CCOc2ccc(C)cc2C)cc1. The van der Waals surface area contributed by atoms with E-state index in [1.54, 1.807) is 0 Å². The van der Waals surface area contributed by atoms with Crippen molar-refractivity contribution in [3.63, 3.8) is 0 Å². The predicted molar refractivity (Wildman–Crippen MR) is 101 cm³/mol. The molecule has 1 amide bonds. The monoisotopic (exact) mass is 337 g/mol. The molecule has 1 aliphatic rings. The summed E-state index contributed by atoms with van der Waals surface area (Å²) < 4.78 is 5.83. The highest BCUT2D eigenvalue weighted by molar-refractivity contribution is 5.77. The summed E-state index contributed by atoms with van der Waals surface area (Å²) in [6.07, 6.45) is 2.55. The number of likely N-dealkylation sites (tertiary alicyclic amines) is 1. The second-order valence-corrected chi connectivity index (χ2v) is 7.02. The minimum absolute atomic E-state index is 0.188. The fourth-order valence-corrected chi connectivity index (χ4v) is 3.55. The Kier molecular flexibility index (Phi) is 5.42. The summed E-state index contributed by atoms with van der Waals surface area (Å²) in [6, 6.07) is 14.9. The molecular formula is C22H27NO2. The molecule has 0 aliphatic carbocycles. The largest absolute Gasteiger partial charge is 0.493 e. The first-order valence-corrected chi connectivity index (χ1v) is 9.10. The zero-order chi connectivity index (χ0) is 17.8. The van der Waals surface area contributed by atoms with Crippen LogP contribution < -0.4 is 4.74 Å². The topological polar surface area (TPSA) is 29.5 Å². The summed E-state index contributed by atoms with van der Waals surface area (Å²) in [5, 5.41) is 0. The molecule has 0 aromatic heterocycles. The summed E-state index contributed by atoms with van der Waals surface area (Å²) in [4.78, 5) is 14.7. The molecule has 1 fully saturated rings. The molecule has 132 valence electrons. The van der Waals surface area contributed by atoms with Gasteiger partial charge in [-0.3, -0.25) is 4.79 Å². The van der Waals surface area contributed by atoms with Gasteiger partial charge in [0.05, 0.1) is 19.1 Å². The van der Waals surface area contributed by atoms with Gasteiger partial charge in [-0.15, -0.1) is 0 Å². The molecule has 3 rings (SSSR count). The van der Waals surface area contributed by atoms with Crippen LogP contribution in [0.25, 0.3) is 0 Å². The third kappa shape index (κ3) is 4.22. The van der Waals surface area contributed by atoms with E-state index in [9.17, 15) is 4.79 Å². The van der Waals surface area contributed by atoms with Gasteiger partial charge >= 0.3 is 0 Å². The molecule has 2 aromatic carbocycles. The van der Waals surface area contributed by atoms with Gasteiger partial charge in [0.15, 0.2) is 0 Å². The van der Waals surface area contributed by atoms with Crippen LogP contribution in [0.1, 0.15) is 47.6 Å². The Hall–Kier alpha value is -2.29. The lowest BCUT2D eigenvalue weighted by Gasteiger charge is -2.25. The van der Waals surface area contributed by atoms with Crippen LogP contribution in [-0.4, -0.2) is 24.0 Å². The third-order valence-corrected chi connectivity index (χ3v) is 4.94. The Balaban J connectivity index is 1.57. The molecular weight excluding hydrogens is 310 g/mol. The molecule has 0 spiro atoms. The van der Waals surface area contributed by atoms with Gasteiger partial charge in [-0.25, -0.2) is 0 Å². The van der Waals surface area contributed by atoms with Gasteiger partial charge in [-0.1, -0.05) is 47.5 Å². The van der Waals surface area contributed by atoms with E-state index in [0.29, 0.717) is 13.0 Å². The molecule has 0 saturated carbocycles. The summed E-state index contributed by atoms with van der Waals surface area (Å²) in [7, 11) is 0. The van der Waals surface area contributed by atoms with E-state index in [2.05, 4.69) is 44.2 Å². The predicted octanol–water partition coefficient (Wildman–Crippen LogP) is 4.74. The highest BCUT2D eigenvalue weighted by atomic mass is 16.5. The summed E-state index contributed by atoms with van der Waals surface area (Å²) >= 11 is 0. The fourth-order valence-electron chi connectivity index (χ4n) is 3.55. The number of ether oxygens (including phenoxy) is 1. The number of benzene rings is 2. The molecule has 25 heavy (non-hydrogen) atoms. The number of aryl methyl sites for hydroxylation is 3. The first-order valence-electron chi connectivity index (χ1n) is 9.10. The van der Waals surface area contributed by atoms with Crippen molar-refractivity contribution in [1.82, 2.24) is 4.90 Å². The van der Waals surface area contributed by atoms with Gasteiger partial charge in [0.1, 0.15) is 5.75 Å². The Morgan fingerprint density at radius 1 is 1.08 bits per heavy atom. The van der Waals surface area contributed by atoms with Gasteiger partial charge in [-0.2, -0.15) is 0 Å². The van der Waals surface area contributed by atoms with Crippen LogP contribution in [0.2, 0.25) is 0 Å². The summed E-state index contributed by atoms with van der Waals surface area (Å²) in [5.41, 5.74) is 4.83. The summed E-state index contributed by atoms with van der Waals surface area (Å²) in [6.45, 7) is 7.48. The molecule has 2 aromatic rings. The number of carbonyl (C=O) groups is 1. The minimum atomic E-state index is 0.188. The summed E-state index contributed by atoms with van der Waals surface area (Å²) in [5.74, 6) is 1.06. The van der Waals surface area contributed by atoms with Crippen molar-refractivity contribution in [2.45, 2.75) is 46.1 Å². The van der Waals surface area contributed by atoms with Crippen molar-refractivity contribution in [1.29, 1.82) is 0 Å². The molecule has 1 atom stereocenters. The third-order valence-electron chi connectivity index (χ3n) is 4.94. The second kappa shape index (κ2) is 7.73. The second-order valence-electron chi connectivity index (χ2n) is 7.02. The first kappa shape index (κ1) is 17.5. The van der Waals surface area contributed by atoms with Gasteiger partial charge in [0.2, 0.25) is 5.91 Å². The van der Waals surface area contributed by atoms with E-state index >= 15 is 0 Å². The molecule has 0 radical (unpaired) electrons.